The van der Waals surface area contributed by atoms with Gasteiger partial charge in [-0.25, -0.2) is 0 Å². The molecule has 0 saturated heterocycles. The first-order valence-electron chi connectivity index (χ1n) is 6.31. The predicted octanol–water partition coefficient (Wildman–Crippen LogP) is 4.08. The Hall–Kier alpha value is -0.970. The number of benzene rings is 2. The van der Waals surface area contributed by atoms with Crippen LogP contribution in [0.15, 0.2) is 57.9 Å². The largest absolute Gasteiger partial charge is 0.382 e. The summed E-state index contributed by atoms with van der Waals surface area (Å²) in [6.07, 6.45) is 1.04. The summed E-state index contributed by atoms with van der Waals surface area (Å²) >= 11 is 5.22. The van der Waals surface area contributed by atoms with Gasteiger partial charge in [-0.3, -0.25) is 4.72 Å². The minimum Gasteiger partial charge on any atom is -0.382 e. The summed E-state index contributed by atoms with van der Waals surface area (Å²) in [5.41, 5.74) is 2.57. The molecule has 0 radical (unpaired) electrons. The number of rotatable bonds is 2. The third-order valence-electron chi connectivity index (χ3n) is 3.14. The second-order valence-corrected chi connectivity index (χ2v) is 6.42. The molecule has 2 aromatic rings. The van der Waals surface area contributed by atoms with Crippen LogP contribution in [0, 0.1) is 0 Å². The van der Waals surface area contributed by atoms with Gasteiger partial charge in [-0.1, -0.05) is 46.3 Å². The lowest BCUT2D eigenvalue weighted by atomic mass is 10.1. The molecule has 19 heavy (non-hydrogen) atoms. The van der Waals surface area contributed by atoms with Crippen LogP contribution in [-0.4, -0.2) is 12.6 Å². The SMILES string of the molecule is Brc1ccc2c(c1)SNC(Cc1ccccc1)CN2. The molecule has 1 aliphatic rings. The maximum atomic E-state index is 3.55. The molecular weight excluding hydrogens is 320 g/mol. The number of fused-ring (bicyclic) bond motifs is 1. The lowest BCUT2D eigenvalue weighted by Gasteiger charge is -2.15. The van der Waals surface area contributed by atoms with E-state index in [0.29, 0.717) is 6.04 Å². The third kappa shape index (κ3) is 3.32. The fourth-order valence-electron chi connectivity index (χ4n) is 2.16. The van der Waals surface area contributed by atoms with Crippen molar-refractivity contribution in [3.63, 3.8) is 0 Å². The highest BCUT2D eigenvalue weighted by molar-refractivity contribution is 9.10. The van der Waals surface area contributed by atoms with Crippen LogP contribution in [0.5, 0.6) is 0 Å². The first kappa shape index (κ1) is 13.0. The van der Waals surface area contributed by atoms with Crippen LogP contribution in [0.1, 0.15) is 5.56 Å². The maximum Gasteiger partial charge on any atom is 0.0493 e. The third-order valence-corrected chi connectivity index (χ3v) is 4.65. The van der Waals surface area contributed by atoms with Crippen molar-refractivity contribution in [2.45, 2.75) is 17.4 Å². The lowest BCUT2D eigenvalue weighted by molar-refractivity contribution is 0.659. The highest BCUT2D eigenvalue weighted by Crippen LogP contribution is 2.31. The Bertz CT molecular complexity index is 559. The van der Waals surface area contributed by atoms with Crippen LogP contribution in [-0.2, 0) is 6.42 Å². The van der Waals surface area contributed by atoms with Crippen molar-refractivity contribution >= 4 is 33.6 Å². The summed E-state index contributed by atoms with van der Waals surface area (Å²) in [5.74, 6) is 0. The molecule has 2 N–H and O–H groups in total. The van der Waals surface area contributed by atoms with Gasteiger partial charge in [0.15, 0.2) is 0 Å². The Kier molecular flexibility index (Phi) is 4.11. The van der Waals surface area contributed by atoms with Crippen molar-refractivity contribution in [1.29, 1.82) is 0 Å². The molecule has 2 nitrogen and oxygen atoms in total. The summed E-state index contributed by atoms with van der Waals surface area (Å²) in [6.45, 7) is 0.941. The van der Waals surface area contributed by atoms with E-state index in [-0.39, 0.29) is 0 Å². The topological polar surface area (TPSA) is 24.1 Å². The minimum absolute atomic E-state index is 0.429. The number of hydrogen-bond donors (Lipinski definition) is 2. The van der Waals surface area contributed by atoms with Crippen LogP contribution in [0.25, 0.3) is 0 Å². The first-order chi connectivity index (χ1) is 9.31. The lowest BCUT2D eigenvalue weighted by Crippen LogP contribution is -2.31. The summed E-state index contributed by atoms with van der Waals surface area (Å²) in [5, 5.41) is 3.52. The van der Waals surface area contributed by atoms with Gasteiger partial charge >= 0.3 is 0 Å². The van der Waals surface area contributed by atoms with E-state index in [0.717, 1.165) is 17.4 Å². The Morgan fingerprint density at radius 3 is 2.84 bits per heavy atom. The van der Waals surface area contributed by atoms with E-state index in [1.54, 1.807) is 11.9 Å². The van der Waals surface area contributed by atoms with Gasteiger partial charge in [0.2, 0.25) is 0 Å². The smallest absolute Gasteiger partial charge is 0.0493 e. The van der Waals surface area contributed by atoms with Gasteiger partial charge < -0.3 is 5.32 Å². The first-order valence-corrected chi connectivity index (χ1v) is 7.92. The molecule has 0 bridgehead atoms. The zero-order chi connectivity index (χ0) is 13.1. The van der Waals surface area contributed by atoms with Crippen LogP contribution < -0.4 is 10.0 Å². The number of anilines is 1. The monoisotopic (exact) mass is 334 g/mol. The van der Waals surface area contributed by atoms with Crippen molar-refractivity contribution < 1.29 is 0 Å². The van der Waals surface area contributed by atoms with Crippen LogP contribution in [0.2, 0.25) is 0 Å². The molecule has 0 spiro atoms. The molecular formula is C15H15BrN2S. The Labute approximate surface area is 126 Å². The predicted molar refractivity (Wildman–Crippen MR) is 85.6 cm³/mol. The maximum absolute atomic E-state index is 3.55. The molecule has 2 aromatic carbocycles. The fourth-order valence-corrected chi connectivity index (χ4v) is 3.57. The molecule has 0 amide bonds. The fraction of sp³-hybridized carbons (Fsp3) is 0.200. The zero-order valence-corrected chi connectivity index (χ0v) is 12.8. The Balaban J connectivity index is 1.70. The van der Waals surface area contributed by atoms with E-state index in [4.69, 9.17) is 0 Å². The highest BCUT2D eigenvalue weighted by Gasteiger charge is 2.16. The van der Waals surface area contributed by atoms with Gasteiger partial charge in [0.1, 0.15) is 0 Å². The molecule has 98 valence electrons. The van der Waals surface area contributed by atoms with Crippen molar-refractivity contribution in [2.24, 2.45) is 0 Å². The molecule has 0 saturated carbocycles. The zero-order valence-electron chi connectivity index (χ0n) is 10.4. The van der Waals surface area contributed by atoms with E-state index in [1.165, 1.54) is 16.1 Å². The summed E-state index contributed by atoms with van der Waals surface area (Å²) in [7, 11) is 0. The minimum atomic E-state index is 0.429. The van der Waals surface area contributed by atoms with Gasteiger partial charge in [-0.15, -0.1) is 0 Å². The second-order valence-electron chi connectivity index (χ2n) is 4.63. The van der Waals surface area contributed by atoms with Gasteiger partial charge in [0, 0.05) is 27.6 Å². The highest BCUT2D eigenvalue weighted by atomic mass is 79.9. The van der Waals surface area contributed by atoms with E-state index in [2.05, 4.69) is 74.5 Å². The van der Waals surface area contributed by atoms with Crippen molar-refractivity contribution in [1.82, 2.24) is 4.72 Å². The quantitative estimate of drug-likeness (QED) is 0.809. The standard InChI is InChI=1S/C15H15BrN2S/c16-12-6-7-14-15(9-12)19-18-13(10-17-14)8-11-4-2-1-3-5-11/h1-7,9,13,17-18H,8,10H2. The molecule has 4 heteroatoms. The number of nitrogens with one attached hydrogen (secondary N) is 2. The number of hydrogen-bond acceptors (Lipinski definition) is 3. The van der Waals surface area contributed by atoms with E-state index in [9.17, 15) is 0 Å². The van der Waals surface area contributed by atoms with Gasteiger partial charge in [-0.05, 0) is 42.1 Å². The molecule has 3 rings (SSSR count). The van der Waals surface area contributed by atoms with Crippen LogP contribution in [0.3, 0.4) is 0 Å². The molecule has 1 atom stereocenters. The van der Waals surface area contributed by atoms with Gasteiger partial charge in [-0.2, -0.15) is 0 Å². The Morgan fingerprint density at radius 2 is 2.00 bits per heavy atom. The normalized spacial score (nSPS) is 18.3. The van der Waals surface area contributed by atoms with Crippen molar-refractivity contribution in [2.75, 3.05) is 11.9 Å². The molecule has 0 fully saturated rings. The molecule has 0 aromatic heterocycles. The number of halogens is 1. The molecule has 1 unspecified atom stereocenters. The Morgan fingerprint density at radius 1 is 1.16 bits per heavy atom. The van der Waals surface area contributed by atoms with Gasteiger partial charge in [0.25, 0.3) is 0 Å². The van der Waals surface area contributed by atoms with Gasteiger partial charge in [0.05, 0.1) is 0 Å². The van der Waals surface area contributed by atoms with Crippen LogP contribution in [0.4, 0.5) is 5.69 Å². The van der Waals surface area contributed by atoms with Crippen molar-refractivity contribution in [3.05, 3.63) is 58.6 Å². The van der Waals surface area contributed by atoms with E-state index in [1.807, 2.05) is 0 Å². The average Bonchev–Trinajstić information content (AvgIpc) is 2.63. The van der Waals surface area contributed by atoms with Crippen molar-refractivity contribution in [3.8, 4) is 0 Å². The average molecular weight is 335 g/mol. The second kappa shape index (κ2) is 5.99. The molecule has 1 aliphatic heterocycles. The van der Waals surface area contributed by atoms with Crippen LogP contribution >= 0.6 is 27.9 Å². The summed E-state index contributed by atoms with van der Waals surface area (Å²) in [4.78, 5) is 1.24. The van der Waals surface area contributed by atoms with E-state index < -0.39 is 0 Å². The summed E-state index contributed by atoms with van der Waals surface area (Å²) in [6, 6.07) is 17.4. The van der Waals surface area contributed by atoms with E-state index >= 15 is 0 Å². The molecule has 0 aliphatic carbocycles. The molecule has 1 heterocycles. The summed E-state index contributed by atoms with van der Waals surface area (Å²) < 4.78 is 4.66.